The molecule has 1 aromatic heterocycles. The summed E-state index contributed by atoms with van der Waals surface area (Å²) < 4.78 is 5.94. The minimum absolute atomic E-state index is 0.0709. The topological polar surface area (TPSA) is 13.1 Å². The summed E-state index contributed by atoms with van der Waals surface area (Å²) in [6.45, 7) is 11.2. The van der Waals surface area contributed by atoms with E-state index in [0.717, 1.165) is 17.6 Å². The summed E-state index contributed by atoms with van der Waals surface area (Å²) in [5, 5.41) is 7.65. The van der Waals surface area contributed by atoms with Gasteiger partial charge in [-0.3, -0.25) is 0 Å². The number of hydrogen-bond acceptors (Lipinski definition) is 1. The van der Waals surface area contributed by atoms with Crippen LogP contribution in [0.25, 0.3) is 88.0 Å². The summed E-state index contributed by atoms with van der Waals surface area (Å²) in [4.78, 5) is 0. The minimum Gasteiger partial charge on any atom is -0.456 e. The molecular formula is C64H54O. The Labute approximate surface area is 383 Å². The van der Waals surface area contributed by atoms with Gasteiger partial charge in [0.05, 0.1) is 0 Å². The first-order valence-corrected chi connectivity index (χ1v) is 23.0. The van der Waals surface area contributed by atoms with Gasteiger partial charge in [-0.25, -0.2) is 0 Å². The molecule has 10 aromatic carbocycles. The van der Waals surface area contributed by atoms with Gasteiger partial charge in [-0.15, -0.1) is 0 Å². The first-order chi connectivity index (χ1) is 31.7. The van der Waals surface area contributed by atoms with Crippen LogP contribution in [-0.2, 0) is 11.8 Å². The number of hydrogen-bond donors (Lipinski definition) is 0. The zero-order chi connectivity index (χ0) is 44.5. The van der Waals surface area contributed by atoms with Gasteiger partial charge >= 0.3 is 0 Å². The number of furan rings is 1. The normalized spacial score (nSPS) is 12.3. The molecule has 0 amide bonds. The third-order valence-electron chi connectivity index (χ3n) is 13.3. The van der Waals surface area contributed by atoms with E-state index in [1.54, 1.807) is 0 Å². The van der Waals surface area contributed by atoms with Gasteiger partial charge in [0.15, 0.2) is 0 Å². The Balaban J connectivity index is 0.000000115. The largest absolute Gasteiger partial charge is 0.456 e. The van der Waals surface area contributed by atoms with Crippen molar-refractivity contribution in [3.63, 3.8) is 0 Å². The van der Waals surface area contributed by atoms with Crippen molar-refractivity contribution >= 4 is 43.5 Å². The van der Waals surface area contributed by atoms with Gasteiger partial charge in [-0.05, 0) is 133 Å². The summed E-state index contributed by atoms with van der Waals surface area (Å²) in [6.07, 6.45) is 2.34. The van der Waals surface area contributed by atoms with E-state index in [9.17, 15) is 0 Å². The average Bonchev–Trinajstić information content (AvgIpc) is 3.83. The molecule has 0 unspecified atom stereocenters. The zero-order valence-corrected chi connectivity index (χ0v) is 38.0. The van der Waals surface area contributed by atoms with E-state index < -0.39 is 0 Å². The van der Waals surface area contributed by atoms with E-state index in [1.165, 1.54) is 111 Å². The maximum atomic E-state index is 5.94. The van der Waals surface area contributed by atoms with Crippen LogP contribution >= 0.6 is 0 Å². The van der Waals surface area contributed by atoms with E-state index in [1.807, 2.05) is 18.2 Å². The molecule has 0 bridgehead atoms. The first-order valence-electron chi connectivity index (χ1n) is 23.0. The fraction of sp³-hybridized carbons (Fsp3) is 0.125. The van der Waals surface area contributed by atoms with Crippen LogP contribution < -0.4 is 0 Å². The third kappa shape index (κ3) is 8.16. The van der Waals surface area contributed by atoms with Crippen molar-refractivity contribution in [3.8, 4) is 44.5 Å². The van der Waals surface area contributed by atoms with Gasteiger partial charge < -0.3 is 4.42 Å². The van der Waals surface area contributed by atoms with Crippen LogP contribution in [0.15, 0.2) is 217 Å². The van der Waals surface area contributed by atoms with Crippen molar-refractivity contribution in [2.45, 2.75) is 52.9 Å². The molecular weight excluding hydrogens is 785 g/mol. The summed E-state index contributed by atoms with van der Waals surface area (Å²) in [6, 6.07) is 76.3. The molecule has 0 aliphatic heterocycles. The first kappa shape index (κ1) is 41.5. The smallest absolute Gasteiger partial charge is 0.136 e. The Morgan fingerprint density at radius 1 is 0.369 bits per heavy atom. The molecule has 0 fully saturated rings. The molecule has 65 heavy (non-hydrogen) atoms. The second kappa shape index (κ2) is 17.6. The Morgan fingerprint density at radius 3 is 1.66 bits per heavy atom. The predicted octanol–water partition coefficient (Wildman–Crippen LogP) is 18.1. The van der Waals surface area contributed by atoms with Gasteiger partial charge in [0.25, 0.3) is 0 Å². The molecule has 11 aromatic rings. The van der Waals surface area contributed by atoms with Gasteiger partial charge in [0.2, 0.25) is 0 Å². The zero-order valence-electron chi connectivity index (χ0n) is 38.0. The SMILES string of the molecule is CCCc1ccc(-c2cc3ccccc3c3ccccc23)cc1.Cc1ccc(-c2ccc3c(c2)oc2ccccc23)cc1.Cc1ccc2c(c1)C(C)(C)c1cc(-c3ccccc3)ccc1-2. The monoisotopic (exact) mass is 838 g/mol. The summed E-state index contributed by atoms with van der Waals surface area (Å²) in [7, 11) is 0. The van der Waals surface area contributed by atoms with Crippen molar-refractivity contribution in [1.82, 2.24) is 0 Å². The quantitative estimate of drug-likeness (QED) is 0.157. The summed E-state index contributed by atoms with van der Waals surface area (Å²) in [5.41, 5.74) is 19.3. The highest BCUT2D eigenvalue weighted by atomic mass is 16.3. The van der Waals surface area contributed by atoms with Crippen LogP contribution in [0.2, 0.25) is 0 Å². The number of fused-ring (bicyclic) bond motifs is 9. The fourth-order valence-electron chi connectivity index (χ4n) is 9.75. The van der Waals surface area contributed by atoms with Gasteiger partial charge in [0.1, 0.15) is 11.2 Å². The number of para-hydroxylation sites is 1. The third-order valence-corrected chi connectivity index (χ3v) is 13.3. The van der Waals surface area contributed by atoms with Gasteiger partial charge in [-0.2, -0.15) is 0 Å². The van der Waals surface area contributed by atoms with Gasteiger partial charge in [-0.1, -0.05) is 220 Å². The van der Waals surface area contributed by atoms with E-state index in [0.29, 0.717) is 0 Å². The molecule has 0 atom stereocenters. The lowest BCUT2D eigenvalue weighted by Crippen LogP contribution is -2.15. The van der Waals surface area contributed by atoms with Crippen LogP contribution in [-0.4, -0.2) is 0 Å². The van der Waals surface area contributed by atoms with Crippen molar-refractivity contribution < 1.29 is 4.42 Å². The average molecular weight is 839 g/mol. The molecule has 0 saturated carbocycles. The highest BCUT2D eigenvalue weighted by Crippen LogP contribution is 2.50. The van der Waals surface area contributed by atoms with E-state index in [2.05, 4.69) is 229 Å². The van der Waals surface area contributed by atoms with E-state index >= 15 is 0 Å². The van der Waals surface area contributed by atoms with Crippen LogP contribution in [0.1, 0.15) is 55.0 Å². The van der Waals surface area contributed by atoms with Crippen LogP contribution in [0.4, 0.5) is 0 Å². The van der Waals surface area contributed by atoms with E-state index in [4.69, 9.17) is 4.42 Å². The second-order valence-corrected chi connectivity index (χ2v) is 18.1. The fourth-order valence-corrected chi connectivity index (χ4v) is 9.75. The Hall–Kier alpha value is -7.48. The standard InChI is InChI=1S/C23H20.C22H20.C19H14O/c1-2-7-17-12-14-18(15-13-17)23-16-19-8-3-4-9-20(19)21-10-5-6-11-22(21)23;1-15-9-11-18-19-12-10-17(16-7-5-4-6-8-16)14-21(19)22(2,3)20(18)13-15;1-13-6-8-14(9-7-13)15-10-11-17-16-4-2-3-5-18(16)20-19(17)12-15/h3-6,8-16H,2,7H2,1H3;4-14H,1-3H3;2-12H,1H3. The lowest BCUT2D eigenvalue weighted by molar-refractivity contribution is 0.660. The van der Waals surface area contributed by atoms with Crippen molar-refractivity contribution in [3.05, 3.63) is 240 Å². The van der Waals surface area contributed by atoms with Crippen molar-refractivity contribution in [2.75, 3.05) is 0 Å². The molecule has 0 N–H and O–H groups in total. The number of benzene rings is 10. The molecule has 0 radical (unpaired) electrons. The highest BCUT2D eigenvalue weighted by molar-refractivity contribution is 6.13. The van der Waals surface area contributed by atoms with Crippen LogP contribution in [0.5, 0.6) is 0 Å². The molecule has 1 nitrogen and oxygen atoms in total. The van der Waals surface area contributed by atoms with Crippen molar-refractivity contribution in [1.29, 1.82) is 0 Å². The van der Waals surface area contributed by atoms with Crippen LogP contribution in [0, 0.1) is 13.8 Å². The predicted molar refractivity (Wildman–Crippen MR) is 279 cm³/mol. The molecule has 1 aliphatic carbocycles. The van der Waals surface area contributed by atoms with Crippen molar-refractivity contribution in [2.24, 2.45) is 0 Å². The molecule has 1 aliphatic rings. The molecule has 316 valence electrons. The molecule has 0 spiro atoms. The maximum absolute atomic E-state index is 5.94. The number of rotatable bonds is 5. The molecule has 0 saturated heterocycles. The van der Waals surface area contributed by atoms with Gasteiger partial charge in [0, 0.05) is 16.2 Å². The Morgan fingerprint density at radius 2 is 0.908 bits per heavy atom. The van der Waals surface area contributed by atoms with Crippen LogP contribution in [0.3, 0.4) is 0 Å². The van der Waals surface area contributed by atoms with E-state index in [-0.39, 0.29) is 5.41 Å². The lowest BCUT2D eigenvalue weighted by atomic mass is 9.81. The highest BCUT2D eigenvalue weighted by Gasteiger charge is 2.35. The molecule has 1 heteroatoms. The summed E-state index contributed by atoms with van der Waals surface area (Å²) in [5.74, 6) is 0. The molecule has 12 rings (SSSR count). The maximum Gasteiger partial charge on any atom is 0.136 e. The second-order valence-electron chi connectivity index (χ2n) is 18.1. The summed E-state index contributed by atoms with van der Waals surface area (Å²) >= 11 is 0. The lowest BCUT2D eigenvalue weighted by Gasteiger charge is -2.22. The Kier molecular flexibility index (Phi) is 11.2. The Bertz CT molecular complexity index is 3460. The minimum atomic E-state index is 0.0709. The molecule has 1 heterocycles. The number of aryl methyl sites for hydroxylation is 3.